The predicted molar refractivity (Wildman–Crippen MR) is 53.5 cm³/mol. The molecule has 1 aliphatic heterocycles. The van der Waals surface area contributed by atoms with Crippen molar-refractivity contribution in [3.63, 3.8) is 0 Å². The summed E-state index contributed by atoms with van der Waals surface area (Å²) >= 11 is 0. The van der Waals surface area contributed by atoms with Crippen molar-refractivity contribution in [2.24, 2.45) is 4.99 Å². The van der Waals surface area contributed by atoms with Crippen LogP contribution < -0.4 is 5.32 Å². The number of nitrogens with one attached hydrogen (secondary N) is 1. The summed E-state index contributed by atoms with van der Waals surface area (Å²) in [4.78, 5) is 15.2. The fourth-order valence-corrected chi connectivity index (χ4v) is 1.08. The van der Waals surface area contributed by atoms with E-state index in [0.717, 1.165) is 5.57 Å². The lowest BCUT2D eigenvalue weighted by atomic mass is 10.1. The maximum absolute atomic E-state index is 11.2. The van der Waals surface area contributed by atoms with Crippen LogP contribution in [0.15, 0.2) is 40.9 Å². The van der Waals surface area contributed by atoms with Gasteiger partial charge in [0.2, 0.25) is 0 Å². The average molecular weight is 176 g/mol. The van der Waals surface area contributed by atoms with Crippen LogP contribution in [-0.2, 0) is 4.79 Å². The molecule has 0 bridgehead atoms. The van der Waals surface area contributed by atoms with Gasteiger partial charge in [0.1, 0.15) is 5.84 Å². The van der Waals surface area contributed by atoms with E-state index in [9.17, 15) is 4.79 Å². The molecule has 1 rings (SSSR count). The number of carbonyl (C=O) groups excluding carboxylic acids is 1. The van der Waals surface area contributed by atoms with Gasteiger partial charge in [-0.1, -0.05) is 18.7 Å². The van der Waals surface area contributed by atoms with Crippen LogP contribution in [-0.4, -0.2) is 18.8 Å². The summed E-state index contributed by atoms with van der Waals surface area (Å²) in [6.45, 7) is 5.36. The maximum atomic E-state index is 11.2. The lowest BCUT2D eigenvalue weighted by Gasteiger charge is -2.15. The second-order valence-electron chi connectivity index (χ2n) is 2.71. The first-order valence-corrected chi connectivity index (χ1v) is 3.98. The second-order valence-corrected chi connectivity index (χ2v) is 2.71. The number of nitrogens with zero attached hydrogens (tertiary/aromatic N) is 1. The van der Waals surface area contributed by atoms with E-state index in [4.69, 9.17) is 0 Å². The van der Waals surface area contributed by atoms with Crippen molar-refractivity contribution in [1.29, 1.82) is 0 Å². The van der Waals surface area contributed by atoms with Crippen LogP contribution in [0, 0.1) is 0 Å². The molecule has 1 amide bonds. The summed E-state index contributed by atoms with van der Waals surface area (Å²) in [6.07, 6.45) is 5.27. The van der Waals surface area contributed by atoms with Gasteiger partial charge >= 0.3 is 0 Å². The molecule has 68 valence electrons. The number of carbonyl (C=O) groups is 1. The Balaban J connectivity index is 3.13. The highest BCUT2D eigenvalue weighted by molar-refractivity contribution is 6.17. The highest BCUT2D eigenvalue weighted by Crippen LogP contribution is 2.10. The van der Waals surface area contributed by atoms with E-state index in [1.54, 1.807) is 26.1 Å². The minimum atomic E-state index is -0.0955. The van der Waals surface area contributed by atoms with Crippen molar-refractivity contribution in [3.8, 4) is 0 Å². The molecule has 0 unspecified atom stereocenters. The Kier molecular flexibility index (Phi) is 2.80. The Morgan fingerprint density at radius 2 is 2.31 bits per heavy atom. The lowest BCUT2D eigenvalue weighted by Crippen LogP contribution is -2.35. The van der Waals surface area contributed by atoms with Crippen LogP contribution >= 0.6 is 0 Å². The topological polar surface area (TPSA) is 41.5 Å². The first-order valence-electron chi connectivity index (χ1n) is 3.98. The van der Waals surface area contributed by atoms with Crippen LogP contribution in [0.3, 0.4) is 0 Å². The summed E-state index contributed by atoms with van der Waals surface area (Å²) in [5.74, 6) is 0.498. The number of amides is 1. The van der Waals surface area contributed by atoms with Gasteiger partial charge in [-0.2, -0.15) is 0 Å². The molecule has 0 aliphatic carbocycles. The maximum Gasteiger partial charge on any atom is 0.252 e. The molecule has 0 aromatic carbocycles. The molecule has 0 saturated carbocycles. The van der Waals surface area contributed by atoms with E-state index in [-0.39, 0.29) is 5.91 Å². The Hall–Kier alpha value is -1.64. The van der Waals surface area contributed by atoms with Crippen molar-refractivity contribution in [3.05, 3.63) is 36.0 Å². The van der Waals surface area contributed by atoms with Gasteiger partial charge in [0.05, 0.1) is 0 Å². The van der Waals surface area contributed by atoms with Crippen molar-refractivity contribution in [2.45, 2.75) is 6.92 Å². The molecular weight excluding hydrogens is 164 g/mol. The minimum Gasteiger partial charge on any atom is -0.307 e. The largest absolute Gasteiger partial charge is 0.307 e. The van der Waals surface area contributed by atoms with Crippen molar-refractivity contribution in [1.82, 2.24) is 5.32 Å². The SMILES string of the molecule is C=C/C=C1/C=C(C)C(=O)NC1=NC. The fourth-order valence-electron chi connectivity index (χ4n) is 1.08. The van der Waals surface area contributed by atoms with Crippen LogP contribution in [0.25, 0.3) is 0 Å². The molecule has 0 radical (unpaired) electrons. The molecule has 0 aromatic rings. The van der Waals surface area contributed by atoms with Crippen molar-refractivity contribution < 1.29 is 4.79 Å². The molecule has 1 heterocycles. The van der Waals surface area contributed by atoms with E-state index in [1.165, 1.54) is 0 Å². The fraction of sp³-hybridized carbons (Fsp3) is 0.200. The Morgan fingerprint density at radius 3 is 2.85 bits per heavy atom. The molecule has 0 atom stereocenters. The van der Waals surface area contributed by atoms with Gasteiger partial charge in [0, 0.05) is 18.2 Å². The monoisotopic (exact) mass is 176 g/mol. The third-order valence-electron chi connectivity index (χ3n) is 1.76. The number of amidine groups is 1. The quantitative estimate of drug-likeness (QED) is 0.641. The number of rotatable bonds is 1. The number of hydrogen-bond donors (Lipinski definition) is 1. The zero-order valence-electron chi connectivity index (χ0n) is 7.79. The summed E-state index contributed by atoms with van der Waals surface area (Å²) in [5, 5.41) is 2.68. The Bertz CT molecular complexity index is 335. The average Bonchev–Trinajstić information content (AvgIpc) is 2.11. The van der Waals surface area contributed by atoms with Gasteiger partial charge in [0.15, 0.2) is 0 Å². The van der Waals surface area contributed by atoms with Gasteiger partial charge in [-0.3, -0.25) is 9.79 Å². The van der Waals surface area contributed by atoms with Crippen molar-refractivity contribution in [2.75, 3.05) is 7.05 Å². The van der Waals surface area contributed by atoms with Crippen molar-refractivity contribution >= 4 is 11.7 Å². The predicted octanol–water partition coefficient (Wildman–Crippen LogP) is 1.20. The molecule has 3 heteroatoms. The van der Waals surface area contributed by atoms with Gasteiger partial charge in [-0.15, -0.1) is 0 Å². The third kappa shape index (κ3) is 1.93. The number of allylic oxidation sites excluding steroid dienone is 2. The van der Waals surface area contributed by atoms with E-state index in [0.29, 0.717) is 11.4 Å². The normalized spacial score (nSPS) is 22.9. The minimum absolute atomic E-state index is 0.0955. The van der Waals surface area contributed by atoms with E-state index >= 15 is 0 Å². The van der Waals surface area contributed by atoms with Gasteiger partial charge in [0.25, 0.3) is 5.91 Å². The van der Waals surface area contributed by atoms with Crippen LogP contribution in [0.2, 0.25) is 0 Å². The zero-order valence-corrected chi connectivity index (χ0v) is 7.79. The molecule has 0 spiro atoms. The molecule has 13 heavy (non-hydrogen) atoms. The molecule has 0 fully saturated rings. The van der Waals surface area contributed by atoms with Crippen LogP contribution in [0.1, 0.15) is 6.92 Å². The zero-order chi connectivity index (χ0) is 9.84. The summed E-state index contributed by atoms with van der Waals surface area (Å²) < 4.78 is 0. The van der Waals surface area contributed by atoms with E-state index in [1.807, 2.05) is 6.08 Å². The van der Waals surface area contributed by atoms with Gasteiger partial charge < -0.3 is 5.32 Å². The lowest BCUT2D eigenvalue weighted by molar-refractivity contribution is -0.116. The van der Waals surface area contributed by atoms with E-state index in [2.05, 4.69) is 16.9 Å². The smallest absolute Gasteiger partial charge is 0.252 e. The standard InChI is InChI=1S/C10H12N2O/c1-4-5-8-6-7(2)10(13)12-9(8)11-3/h4-6H,1H2,2-3H3,(H,11,12,13)/b8-5-. The molecular formula is C10H12N2O. The highest BCUT2D eigenvalue weighted by Gasteiger charge is 2.16. The van der Waals surface area contributed by atoms with E-state index < -0.39 is 0 Å². The third-order valence-corrected chi connectivity index (χ3v) is 1.76. The van der Waals surface area contributed by atoms with Gasteiger partial charge in [-0.25, -0.2) is 0 Å². The van der Waals surface area contributed by atoms with Crippen LogP contribution in [0.4, 0.5) is 0 Å². The highest BCUT2D eigenvalue weighted by atomic mass is 16.1. The summed E-state index contributed by atoms with van der Waals surface area (Å²) in [7, 11) is 1.64. The summed E-state index contributed by atoms with van der Waals surface area (Å²) in [5.41, 5.74) is 1.56. The Labute approximate surface area is 77.6 Å². The Morgan fingerprint density at radius 1 is 1.62 bits per heavy atom. The molecule has 0 aromatic heterocycles. The van der Waals surface area contributed by atoms with Gasteiger partial charge in [-0.05, 0) is 13.0 Å². The first kappa shape index (κ1) is 9.45. The molecule has 1 N–H and O–H groups in total. The first-order chi connectivity index (χ1) is 6.19. The number of hydrogen-bond acceptors (Lipinski definition) is 2. The second kappa shape index (κ2) is 3.85. The molecule has 3 nitrogen and oxygen atoms in total. The molecule has 1 aliphatic rings. The molecule has 0 saturated heterocycles. The summed E-state index contributed by atoms with van der Waals surface area (Å²) in [6, 6.07) is 0. The van der Waals surface area contributed by atoms with Crippen LogP contribution in [0.5, 0.6) is 0 Å². The number of aliphatic imine (C=N–C) groups is 1.